The molecule has 38 heavy (non-hydrogen) atoms. The van der Waals surface area contributed by atoms with Crippen LogP contribution in [0.4, 0.5) is 5.69 Å². The topological polar surface area (TPSA) is 108 Å². The van der Waals surface area contributed by atoms with Gasteiger partial charge in [0.05, 0.1) is 17.4 Å². The van der Waals surface area contributed by atoms with Gasteiger partial charge in [0.1, 0.15) is 11.6 Å². The van der Waals surface area contributed by atoms with Crippen molar-refractivity contribution in [1.82, 2.24) is 10.2 Å². The summed E-state index contributed by atoms with van der Waals surface area (Å²) in [5, 5.41) is 15.6. The van der Waals surface area contributed by atoms with Crippen molar-refractivity contribution in [1.29, 1.82) is 0 Å². The molecule has 3 fully saturated rings. The fourth-order valence-electron chi connectivity index (χ4n) is 6.89. The molecule has 3 aliphatic rings. The van der Waals surface area contributed by atoms with Crippen molar-refractivity contribution in [2.45, 2.75) is 64.3 Å². The SMILES string of the molecule is Cc1ccc(C)c(NC(=O)C2N(CCCO)C(=O)[C@@H]3[C@@H](C(=O)NCc4ccccc4)[C@]4(C)OC23CC4C)c1. The molecular formula is C30H37N3O5. The van der Waals surface area contributed by atoms with Crippen LogP contribution < -0.4 is 10.6 Å². The maximum atomic E-state index is 14.0. The molecule has 3 saturated heterocycles. The minimum atomic E-state index is -1.11. The van der Waals surface area contributed by atoms with Crippen molar-refractivity contribution in [3.8, 4) is 0 Å². The molecule has 5 rings (SSSR count). The first-order valence-electron chi connectivity index (χ1n) is 13.4. The van der Waals surface area contributed by atoms with Gasteiger partial charge < -0.3 is 25.4 Å². The number of aliphatic hydroxyl groups is 1. The highest BCUT2D eigenvalue weighted by atomic mass is 16.5. The summed E-state index contributed by atoms with van der Waals surface area (Å²) in [5.41, 5.74) is 1.59. The number of nitrogens with zero attached hydrogens (tertiary/aromatic N) is 1. The molecule has 0 aliphatic carbocycles. The lowest BCUT2D eigenvalue weighted by molar-refractivity contribution is -0.146. The number of aryl methyl sites for hydroxylation is 2. The Morgan fingerprint density at radius 3 is 2.58 bits per heavy atom. The second-order valence-corrected chi connectivity index (χ2v) is 11.3. The molecule has 2 aromatic rings. The zero-order valence-electron chi connectivity index (χ0n) is 22.5. The van der Waals surface area contributed by atoms with Gasteiger partial charge in [-0.05, 0) is 62.3 Å². The highest BCUT2D eigenvalue weighted by molar-refractivity contribution is 6.04. The lowest BCUT2D eigenvalue weighted by Gasteiger charge is -2.36. The van der Waals surface area contributed by atoms with Crippen LogP contribution in [0.5, 0.6) is 0 Å². The Kier molecular flexibility index (Phi) is 6.82. The molecule has 0 aromatic heterocycles. The van der Waals surface area contributed by atoms with Gasteiger partial charge >= 0.3 is 0 Å². The minimum Gasteiger partial charge on any atom is -0.396 e. The summed E-state index contributed by atoms with van der Waals surface area (Å²) in [6.07, 6.45) is 0.836. The van der Waals surface area contributed by atoms with Gasteiger partial charge in [-0.3, -0.25) is 14.4 Å². The van der Waals surface area contributed by atoms with Crippen molar-refractivity contribution < 1.29 is 24.2 Å². The van der Waals surface area contributed by atoms with Crippen LogP contribution in [0.15, 0.2) is 48.5 Å². The number of carbonyl (C=O) groups excluding carboxylic acids is 3. The highest BCUT2D eigenvalue weighted by Crippen LogP contribution is 2.65. The van der Waals surface area contributed by atoms with Gasteiger partial charge in [0.25, 0.3) is 0 Å². The highest BCUT2D eigenvalue weighted by Gasteiger charge is 2.79. The van der Waals surface area contributed by atoms with E-state index >= 15 is 0 Å². The van der Waals surface area contributed by atoms with E-state index in [1.54, 1.807) is 0 Å². The first kappa shape index (κ1) is 26.4. The summed E-state index contributed by atoms with van der Waals surface area (Å²) in [6.45, 7) is 8.27. The summed E-state index contributed by atoms with van der Waals surface area (Å²) >= 11 is 0. The number of hydrogen-bond donors (Lipinski definition) is 3. The quantitative estimate of drug-likeness (QED) is 0.497. The lowest BCUT2D eigenvalue weighted by atomic mass is 9.62. The predicted octanol–water partition coefficient (Wildman–Crippen LogP) is 2.95. The van der Waals surface area contributed by atoms with E-state index in [2.05, 4.69) is 10.6 Å². The number of rotatable bonds is 8. The van der Waals surface area contributed by atoms with Crippen LogP contribution in [0.1, 0.15) is 43.4 Å². The van der Waals surface area contributed by atoms with E-state index in [4.69, 9.17) is 4.74 Å². The van der Waals surface area contributed by atoms with Gasteiger partial charge in [-0.2, -0.15) is 0 Å². The van der Waals surface area contributed by atoms with Crippen LogP contribution in [-0.4, -0.2) is 58.1 Å². The number of amides is 3. The third kappa shape index (κ3) is 4.10. The third-order valence-corrected chi connectivity index (χ3v) is 8.86. The minimum absolute atomic E-state index is 0.0344. The van der Waals surface area contributed by atoms with Crippen molar-refractivity contribution in [2.75, 3.05) is 18.5 Å². The van der Waals surface area contributed by atoms with Gasteiger partial charge in [0.2, 0.25) is 17.7 Å². The number of hydrogen-bond acceptors (Lipinski definition) is 5. The van der Waals surface area contributed by atoms with Gasteiger partial charge in [0.15, 0.2) is 0 Å². The molecule has 6 atom stereocenters. The Hall–Kier alpha value is -3.23. The number of fused-ring (bicyclic) bond motifs is 1. The molecule has 202 valence electrons. The molecule has 2 bridgehead atoms. The summed E-state index contributed by atoms with van der Waals surface area (Å²) < 4.78 is 6.73. The van der Waals surface area contributed by atoms with E-state index in [0.717, 1.165) is 16.7 Å². The largest absolute Gasteiger partial charge is 0.396 e. The molecular weight excluding hydrogens is 482 g/mol. The number of likely N-dealkylation sites (tertiary alicyclic amines) is 1. The van der Waals surface area contributed by atoms with Crippen LogP contribution in [0, 0.1) is 31.6 Å². The van der Waals surface area contributed by atoms with Gasteiger partial charge in [0, 0.05) is 25.4 Å². The first-order chi connectivity index (χ1) is 18.1. The average molecular weight is 520 g/mol. The molecule has 3 unspecified atom stereocenters. The molecule has 3 aliphatic heterocycles. The summed E-state index contributed by atoms with van der Waals surface area (Å²) in [5.74, 6) is -2.34. The number of ether oxygens (including phenoxy) is 1. The predicted molar refractivity (Wildman–Crippen MR) is 143 cm³/mol. The lowest BCUT2D eigenvalue weighted by Crippen LogP contribution is -2.54. The fraction of sp³-hybridized carbons (Fsp3) is 0.500. The van der Waals surface area contributed by atoms with Crippen LogP contribution in [-0.2, 0) is 25.7 Å². The molecule has 2 aromatic carbocycles. The van der Waals surface area contributed by atoms with Crippen molar-refractivity contribution in [2.24, 2.45) is 17.8 Å². The molecule has 0 saturated carbocycles. The van der Waals surface area contributed by atoms with Crippen LogP contribution in [0.2, 0.25) is 0 Å². The number of nitrogens with one attached hydrogen (secondary N) is 2. The Bertz CT molecular complexity index is 1250. The van der Waals surface area contributed by atoms with E-state index in [-0.39, 0.29) is 36.8 Å². The summed E-state index contributed by atoms with van der Waals surface area (Å²) in [7, 11) is 0. The first-order valence-corrected chi connectivity index (χ1v) is 13.4. The molecule has 0 radical (unpaired) electrons. The van der Waals surface area contributed by atoms with Crippen molar-refractivity contribution in [3.05, 3.63) is 65.2 Å². The van der Waals surface area contributed by atoms with Crippen LogP contribution in [0.25, 0.3) is 0 Å². The monoisotopic (exact) mass is 519 g/mol. The van der Waals surface area contributed by atoms with E-state index in [1.807, 2.05) is 76.2 Å². The standard InChI is InChI=1S/C30H37N3O5/c1-18-11-12-19(2)22(15-18)32-27(36)25-30-16-20(3)29(4,38-30)23(24(30)28(37)33(25)13-8-14-34)26(35)31-17-21-9-6-5-7-10-21/h5-7,9-12,15,20,23-25,34H,8,13-14,16-17H2,1-4H3,(H,31,35)(H,32,36)/t20?,23-,24-,25?,29+,30?/m0/s1. The van der Waals surface area contributed by atoms with Crippen molar-refractivity contribution in [3.63, 3.8) is 0 Å². The molecule has 1 spiro atoms. The summed E-state index contributed by atoms with van der Waals surface area (Å²) in [6, 6.07) is 14.6. The number of benzene rings is 2. The van der Waals surface area contributed by atoms with Crippen LogP contribution in [0.3, 0.4) is 0 Å². The zero-order chi connectivity index (χ0) is 27.2. The fourth-order valence-corrected chi connectivity index (χ4v) is 6.89. The Morgan fingerprint density at radius 1 is 1.13 bits per heavy atom. The second kappa shape index (κ2) is 9.82. The Balaban J connectivity index is 1.49. The average Bonchev–Trinajstić information content (AvgIpc) is 3.40. The molecule has 3 heterocycles. The third-order valence-electron chi connectivity index (χ3n) is 8.86. The number of carbonyl (C=O) groups is 3. The maximum absolute atomic E-state index is 14.0. The van der Waals surface area contributed by atoms with E-state index in [1.165, 1.54) is 4.90 Å². The second-order valence-electron chi connectivity index (χ2n) is 11.3. The zero-order valence-corrected chi connectivity index (χ0v) is 22.5. The molecule has 8 heteroatoms. The summed E-state index contributed by atoms with van der Waals surface area (Å²) in [4.78, 5) is 43.2. The van der Waals surface area contributed by atoms with Gasteiger partial charge in [-0.1, -0.05) is 49.4 Å². The molecule has 8 nitrogen and oxygen atoms in total. The smallest absolute Gasteiger partial charge is 0.250 e. The Morgan fingerprint density at radius 2 is 1.87 bits per heavy atom. The van der Waals surface area contributed by atoms with E-state index in [0.29, 0.717) is 25.1 Å². The van der Waals surface area contributed by atoms with Gasteiger partial charge in [-0.25, -0.2) is 0 Å². The van der Waals surface area contributed by atoms with E-state index < -0.39 is 29.1 Å². The van der Waals surface area contributed by atoms with Gasteiger partial charge in [-0.15, -0.1) is 0 Å². The van der Waals surface area contributed by atoms with E-state index in [9.17, 15) is 19.5 Å². The molecule has 3 N–H and O–H groups in total. The molecule has 3 amide bonds. The van der Waals surface area contributed by atoms with Crippen molar-refractivity contribution >= 4 is 23.4 Å². The maximum Gasteiger partial charge on any atom is 0.250 e. The van der Waals surface area contributed by atoms with Crippen LogP contribution >= 0.6 is 0 Å². The number of anilines is 1. The normalized spacial score (nSPS) is 31.4. The Labute approximate surface area is 223 Å². The number of aliphatic hydroxyl groups excluding tert-OH is 1.